The van der Waals surface area contributed by atoms with E-state index >= 15 is 0 Å². The van der Waals surface area contributed by atoms with Gasteiger partial charge in [0, 0.05) is 28.6 Å². The quantitative estimate of drug-likeness (QED) is 0.764. The van der Waals surface area contributed by atoms with Gasteiger partial charge in [0.2, 0.25) is 0 Å². The predicted octanol–water partition coefficient (Wildman–Crippen LogP) is 4.85. The molecule has 0 aromatic heterocycles. The summed E-state index contributed by atoms with van der Waals surface area (Å²) in [5, 5.41) is 3.30. The summed E-state index contributed by atoms with van der Waals surface area (Å²) in [7, 11) is 1.88. The summed E-state index contributed by atoms with van der Waals surface area (Å²) < 4.78 is 20.8. The van der Waals surface area contributed by atoms with Gasteiger partial charge in [0.1, 0.15) is 11.6 Å². The highest BCUT2D eigenvalue weighted by Crippen LogP contribution is 2.54. The summed E-state index contributed by atoms with van der Waals surface area (Å²) in [6.07, 6.45) is 0. The zero-order valence-corrected chi connectivity index (χ0v) is 14.6. The molecule has 0 saturated carbocycles. The van der Waals surface area contributed by atoms with Crippen LogP contribution in [0.5, 0.6) is 5.75 Å². The molecule has 2 atom stereocenters. The molecule has 5 heteroatoms. The predicted molar refractivity (Wildman–Crippen MR) is 90.2 cm³/mol. The lowest BCUT2D eigenvalue weighted by Crippen LogP contribution is -2.43. The molecule has 2 aromatic rings. The Morgan fingerprint density at radius 2 is 2.05 bits per heavy atom. The smallest absolute Gasteiger partial charge is 0.153 e. The molecule has 0 aliphatic carbocycles. The van der Waals surface area contributed by atoms with E-state index in [2.05, 4.69) is 28.2 Å². The average Bonchev–Trinajstić information content (AvgIpc) is 2.80. The van der Waals surface area contributed by atoms with Crippen LogP contribution in [0.1, 0.15) is 24.0 Å². The van der Waals surface area contributed by atoms with Crippen molar-refractivity contribution in [2.45, 2.75) is 18.4 Å². The first-order chi connectivity index (χ1) is 10.5. The Balaban J connectivity index is 2.18. The Morgan fingerprint density at radius 1 is 1.36 bits per heavy atom. The van der Waals surface area contributed by atoms with Gasteiger partial charge in [-0.2, -0.15) is 0 Å². The lowest BCUT2D eigenvalue weighted by molar-refractivity contribution is 0.0719. The Hall–Kier alpha value is -1.10. The highest BCUT2D eigenvalue weighted by atomic mass is 79.9. The van der Waals surface area contributed by atoms with Crippen molar-refractivity contribution in [3.8, 4) is 5.75 Å². The lowest BCUT2D eigenvalue weighted by Gasteiger charge is -2.33. The van der Waals surface area contributed by atoms with Gasteiger partial charge in [-0.25, -0.2) is 4.39 Å². The van der Waals surface area contributed by atoms with Crippen LogP contribution in [-0.2, 0) is 5.60 Å². The van der Waals surface area contributed by atoms with Gasteiger partial charge in [0.15, 0.2) is 5.60 Å². The topological polar surface area (TPSA) is 21.3 Å². The normalized spacial score (nSPS) is 23.2. The van der Waals surface area contributed by atoms with Gasteiger partial charge in [-0.15, -0.1) is 0 Å². The summed E-state index contributed by atoms with van der Waals surface area (Å²) in [5.41, 5.74) is 1.37. The standard InChI is InChI=1S/C17H16BrClFNO/c1-10-14-13(8-12(20)16(19)15(14)18)22-17(10,9-21-2)11-6-4-3-5-7-11/h3-8,10,21H,9H2,1-2H3/t10-,17-/m0/s1. The summed E-state index contributed by atoms with van der Waals surface area (Å²) in [5.74, 6) is 0.0815. The molecule has 1 N–H and O–H groups in total. The van der Waals surface area contributed by atoms with Crippen molar-refractivity contribution in [3.05, 3.63) is 62.8 Å². The first-order valence-electron chi connectivity index (χ1n) is 7.08. The van der Waals surface area contributed by atoms with E-state index in [1.54, 1.807) is 0 Å². The number of ether oxygens (including phenoxy) is 1. The first-order valence-corrected chi connectivity index (χ1v) is 8.25. The molecule has 3 rings (SSSR count). The summed E-state index contributed by atoms with van der Waals surface area (Å²) in [6, 6.07) is 11.4. The van der Waals surface area contributed by atoms with Crippen molar-refractivity contribution in [2.75, 3.05) is 13.6 Å². The van der Waals surface area contributed by atoms with E-state index in [4.69, 9.17) is 16.3 Å². The number of likely N-dealkylation sites (N-methyl/N-ethyl adjacent to an activating group) is 1. The second kappa shape index (κ2) is 5.84. The minimum Gasteiger partial charge on any atom is -0.480 e. The zero-order valence-electron chi connectivity index (χ0n) is 12.3. The number of fused-ring (bicyclic) bond motifs is 1. The van der Waals surface area contributed by atoms with Crippen molar-refractivity contribution in [1.29, 1.82) is 0 Å². The summed E-state index contributed by atoms with van der Waals surface area (Å²) in [4.78, 5) is 0. The van der Waals surface area contributed by atoms with Crippen LogP contribution in [0.4, 0.5) is 4.39 Å². The highest BCUT2D eigenvalue weighted by Gasteiger charge is 2.48. The average molecular weight is 385 g/mol. The van der Waals surface area contributed by atoms with Crippen molar-refractivity contribution in [2.24, 2.45) is 0 Å². The van der Waals surface area contributed by atoms with E-state index in [1.807, 2.05) is 37.4 Å². The number of benzene rings is 2. The molecule has 2 aromatic carbocycles. The maximum Gasteiger partial charge on any atom is 0.153 e. The molecule has 2 nitrogen and oxygen atoms in total. The van der Waals surface area contributed by atoms with Crippen LogP contribution in [0.25, 0.3) is 0 Å². The largest absolute Gasteiger partial charge is 0.480 e. The number of nitrogens with one attached hydrogen (secondary N) is 1. The molecule has 1 aliphatic heterocycles. The van der Waals surface area contributed by atoms with Crippen LogP contribution >= 0.6 is 27.5 Å². The van der Waals surface area contributed by atoms with E-state index in [-0.39, 0.29) is 10.9 Å². The lowest BCUT2D eigenvalue weighted by atomic mass is 9.80. The van der Waals surface area contributed by atoms with Gasteiger partial charge in [0.05, 0.1) is 5.02 Å². The first kappa shape index (κ1) is 15.8. The van der Waals surface area contributed by atoms with Crippen LogP contribution < -0.4 is 10.1 Å². The fourth-order valence-electron chi connectivity index (χ4n) is 3.18. The minimum absolute atomic E-state index is 0.0184. The Labute approximate surface area is 142 Å². The molecular weight excluding hydrogens is 369 g/mol. The molecule has 116 valence electrons. The fourth-order valence-corrected chi connectivity index (χ4v) is 4.06. The van der Waals surface area contributed by atoms with Crippen LogP contribution in [0.3, 0.4) is 0 Å². The van der Waals surface area contributed by atoms with Crippen LogP contribution in [0.2, 0.25) is 5.02 Å². The molecule has 1 aliphatic rings. The molecule has 0 bridgehead atoms. The van der Waals surface area contributed by atoms with Crippen LogP contribution in [0.15, 0.2) is 40.9 Å². The van der Waals surface area contributed by atoms with Crippen LogP contribution in [0, 0.1) is 5.82 Å². The Morgan fingerprint density at radius 3 is 2.68 bits per heavy atom. The Bertz CT molecular complexity index is 710. The SMILES string of the molecule is CNC[C@]1(c2ccccc2)Oc2cc(F)c(Cl)c(Br)c2[C@@H]1C. The molecule has 0 unspecified atom stereocenters. The molecule has 1 heterocycles. The number of halogens is 3. The molecule has 0 spiro atoms. The second-order valence-electron chi connectivity index (χ2n) is 5.51. The fraction of sp³-hybridized carbons (Fsp3) is 0.294. The van der Waals surface area contributed by atoms with Gasteiger partial charge >= 0.3 is 0 Å². The van der Waals surface area contributed by atoms with Gasteiger partial charge in [-0.1, -0.05) is 48.9 Å². The van der Waals surface area contributed by atoms with E-state index in [0.717, 1.165) is 11.1 Å². The monoisotopic (exact) mass is 383 g/mol. The van der Waals surface area contributed by atoms with Crippen molar-refractivity contribution < 1.29 is 9.13 Å². The summed E-state index contributed by atoms with van der Waals surface area (Å²) >= 11 is 9.48. The minimum atomic E-state index is -0.585. The maximum absolute atomic E-state index is 13.9. The van der Waals surface area contributed by atoms with Crippen molar-refractivity contribution in [1.82, 2.24) is 5.32 Å². The van der Waals surface area contributed by atoms with E-state index < -0.39 is 11.4 Å². The third-order valence-electron chi connectivity index (χ3n) is 4.29. The molecule has 0 saturated heterocycles. The van der Waals surface area contributed by atoms with Gasteiger partial charge in [-0.3, -0.25) is 0 Å². The van der Waals surface area contributed by atoms with Crippen LogP contribution in [-0.4, -0.2) is 13.6 Å². The number of hydrogen-bond acceptors (Lipinski definition) is 2. The third kappa shape index (κ3) is 2.25. The molecule has 0 amide bonds. The van der Waals surface area contributed by atoms with E-state index in [1.165, 1.54) is 6.07 Å². The second-order valence-corrected chi connectivity index (χ2v) is 6.68. The molecule has 0 radical (unpaired) electrons. The third-order valence-corrected chi connectivity index (χ3v) is 5.71. The zero-order chi connectivity index (χ0) is 15.9. The highest BCUT2D eigenvalue weighted by molar-refractivity contribution is 9.10. The molecule has 22 heavy (non-hydrogen) atoms. The summed E-state index contributed by atoms with van der Waals surface area (Å²) in [6.45, 7) is 2.69. The Kier molecular flexibility index (Phi) is 4.19. The van der Waals surface area contributed by atoms with Gasteiger partial charge < -0.3 is 10.1 Å². The number of hydrogen-bond donors (Lipinski definition) is 1. The molecular formula is C17H16BrClFNO. The van der Waals surface area contributed by atoms with Crippen molar-refractivity contribution in [3.63, 3.8) is 0 Å². The maximum atomic E-state index is 13.9. The number of rotatable bonds is 3. The van der Waals surface area contributed by atoms with E-state index in [0.29, 0.717) is 16.8 Å². The van der Waals surface area contributed by atoms with E-state index in [9.17, 15) is 4.39 Å². The molecule has 0 fully saturated rings. The van der Waals surface area contributed by atoms with Crippen molar-refractivity contribution >= 4 is 27.5 Å². The van der Waals surface area contributed by atoms with Gasteiger partial charge in [0.25, 0.3) is 0 Å². The van der Waals surface area contributed by atoms with Gasteiger partial charge in [-0.05, 0) is 28.5 Å².